The van der Waals surface area contributed by atoms with E-state index < -0.39 is 0 Å². The highest BCUT2D eigenvalue weighted by molar-refractivity contribution is 6.00. The molecule has 0 saturated heterocycles. The Balaban J connectivity index is 1.94. The molecule has 0 spiro atoms. The first-order valence-corrected chi connectivity index (χ1v) is 6.76. The van der Waals surface area contributed by atoms with Gasteiger partial charge in [0.15, 0.2) is 0 Å². The van der Waals surface area contributed by atoms with Crippen molar-refractivity contribution >= 4 is 22.1 Å². The number of rotatable bonds is 3. The molecule has 0 unspecified atom stereocenters. The Labute approximate surface area is 122 Å². The van der Waals surface area contributed by atoms with E-state index in [0.29, 0.717) is 12.2 Å². The van der Waals surface area contributed by atoms with E-state index in [2.05, 4.69) is 10.3 Å². The van der Waals surface area contributed by atoms with Gasteiger partial charge in [-0.3, -0.25) is 4.98 Å². The Morgan fingerprint density at radius 3 is 2.81 bits per heavy atom. The second kappa shape index (κ2) is 5.40. The third-order valence-electron chi connectivity index (χ3n) is 3.44. The van der Waals surface area contributed by atoms with Crippen molar-refractivity contribution in [3.8, 4) is 0 Å². The van der Waals surface area contributed by atoms with E-state index in [9.17, 15) is 4.39 Å². The van der Waals surface area contributed by atoms with Gasteiger partial charge in [0, 0.05) is 40.6 Å². The Bertz CT molecular complexity index is 799. The molecule has 0 amide bonds. The molecule has 0 saturated carbocycles. The topological polar surface area (TPSA) is 50.9 Å². The number of nitrogens with two attached hydrogens (primary N) is 1. The first-order valence-electron chi connectivity index (χ1n) is 6.76. The summed E-state index contributed by atoms with van der Waals surface area (Å²) < 4.78 is 13.2. The van der Waals surface area contributed by atoms with Gasteiger partial charge in [0.2, 0.25) is 0 Å². The second-order valence-electron chi connectivity index (χ2n) is 5.06. The van der Waals surface area contributed by atoms with Crippen LogP contribution in [0, 0.1) is 12.7 Å². The summed E-state index contributed by atoms with van der Waals surface area (Å²) >= 11 is 0. The van der Waals surface area contributed by atoms with Gasteiger partial charge in [-0.05, 0) is 42.8 Å². The Kier molecular flexibility index (Phi) is 3.44. The molecular weight excluding hydrogens is 265 g/mol. The molecule has 0 aliphatic carbocycles. The third kappa shape index (κ3) is 2.79. The molecule has 3 aromatic rings. The lowest BCUT2D eigenvalue weighted by atomic mass is 10.1. The van der Waals surface area contributed by atoms with Crippen molar-refractivity contribution in [1.29, 1.82) is 0 Å². The first-order chi connectivity index (χ1) is 10.1. The van der Waals surface area contributed by atoms with Crippen molar-refractivity contribution in [2.24, 2.45) is 0 Å². The van der Waals surface area contributed by atoms with Crippen molar-refractivity contribution in [2.75, 3.05) is 11.1 Å². The fraction of sp³-hybridized carbons (Fsp3) is 0.118. The molecule has 106 valence electrons. The number of fused-ring (bicyclic) bond motifs is 1. The number of nitrogens with zero attached hydrogens (tertiary/aromatic N) is 1. The average Bonchev–Trinajstić information content (AvgIpc) is 2.46. The number of benzene rings is 2. The van der Waals surface area contributed by atoms with Gasteiger partial charge in [-0.2, -0.15) is 0 Å². The molecule has 3 N–H and O–H groups in total. The van der Waals surface area contributed by atoms with Crippen LogP contribution in [-0.2, 0) is 6.54 Å². The predicted octanol–water partition coefficient (Wildman–Crippen LogP) is 3.88. The van der Waals surface area contributed by atoms with Crippen LogP contribution in [0.2, 0.25) is 0 Å². The SMILES string of the molecule is Cc1cc2c(NCc3cccc(F)c3)ccc(N)c2cn1. The van der Waals surface area contributed by atoms with Crippen LogP contribution in [0.15, 0.2) is 48.7 Å². The Hall–Kier alpha value is -2.62. The van der Waals surface area contributed by atoms with Crippen LogP contribution in [0.1, 0.15) is 11.3 Å². The molecule has 1 heterocycles. The molecule has 1 aromatic heterocycles. The van der Waals surface area contributed by atoms with Crippen LogP contribution >= 0.6 is 0 Å². The van der Waals surface area contributed by atoms with E-state index >= 15 is 0 Å². The number of halogens is 1. The van der Waals surface area contributed by atoms with Crippen molar-refractivity contribution in [1.82, 2.24) is 4.98 Å². The smallest absolute Gasteiger partial charge is 0.123 e. The van der Waals surface area contributed by atoms with Gasteiger partial charge in [0.05, 0.1) is 0 Å². The van der Waals surface area contributed by atoms with E-state index in [0.717, 1.165) is 27.7 Å². The molecular formula is C17H16FN3. The van der Waals surface area contributed by atoms with Crippen LogP contribution < -0.4 is 11.1 Å². The van der Waals surface area contributed by atoms with E-state index in [1.54, 1.807) is 12.3 Å². The summed E-state index contributed by atoms with van der Waals surface area (Å²) in [5.74, 6) is -0.225. The van der Waals surface area contributed by atoms with Gasteiger partial charge in [-0.1, -0.05) is 12.1 Å². The lowest BCUT2D eigenvalue weighted by Gasteiger charge is -2.12. The molecule has 0 aliphatic heterocycles. The molecule has 4 heteroatoms. The maximum Gasteiger partial charge on any atom is 0.123 e. The lowest BCUT2D eigenvalue weighted by Crippen LogP contribution is -2.01. The highest BCUT2D eigenvalue weighted by Crippen LogP contribution is 2.28. The fourth-order valence-corrected chi connectivity index (χ4v) is 2.36. The van der Waals surface area contributed by atoms with Crippen molar-refractivity contribution in [3.63, 3.8) is 0 Å². The molecule has 3 nitrogen and oxygen atoms in total. The zero-order valence-corrected chi connectivity index (χ0v) is 11.7. The number of nitrogens with one attached hydrogen (secondary N) is 1. The van der Waals surface area contributed by atoms with Crippen molar-refractivity contribution in [3.05, 3.63) is 65.7 Å². The Morgan fingerprint density at radius 2 is 2.00 bits per heavy atom. The monoisotopic (exact) mass is 281 g/mol. The number of pyridine rings is 1. The molecule has 3 rings (SSSR count). The minimum atomic E-state index is -0.225. The molecule has 0 radical (unpaired) electrons. The summed E-state index contributed by atoms with van der Waals surface area (Å²) in [6.07, 6.45) is 1.79. The molecule has 0 fully saturated rings. The lowest BCUT2D eigenvalue weighted by molar-refractivity contribution is 0.626. The van der Waals surface area contributed by atoms with Gasteiger partial charge < -0.3 is 11.1 Å². The predicted molar refractivity (Wildman–Crippen MR) is 84.6 cm³/mol. The number of hydrogen-bond acceptors (Lipinski definition) is 3. The summed E-state index contributed by atoms with van der Waals surface area (Å²) in [5.41, 5.74) is 9.48. The number of hydrogen-bond donors (Lipinski definition) is 2. The summed E-state index contributed by atoms with van der Waals surface area (Å²) in [6, 6.07) is 12.4. The summed E-state index contributed by atoms with van der Waals surface area (Å²) in [5, 5.41) is 5.28. The quantitative estimate of drug-likeness (QED) is 0.716. The maximum atomic E-state index is 13.2. The van der Waals surface area contributed by atoms with Crippen molar-refractivity contribution in [2.45, 2.75) is 13.5 Å². The summed E-state index contributed by atoms with van der Waals surface area (Å²) in [6.45, 7) is 2.50. The third-order valence-corrected chi connectivity index (χ3v) is 3.44. The van der Waals surface area contributed by atoms with Gasteiger partial charge in [0.25, 0.3) is 0 Å². The van der Waals surface area contributed by atoms with Crippen LogP contribution in [0.4, 0.5) is 15.8 Å². The largest absolute Gasteiger partial charge is 0.398 e. The van der Waals surface area contributed by atoms with E-state index in [-0.39, 0.29) is 5.82 Å². The fourth-order valence-electron chi connectivity index (χ4n) is 2.36. The van der Waals surface area contributed by atoms with Crippen LogP contribution in [-0.4, -0.2) is 4.98 Å². The molecule has 0 bridgehead atoms. The second-order valence-corrected chi connectivity index (χ2v) is 5.06. The highest BCUT2D eigenvalue weighted by Gasteiger charge is 2.05. The maximum absolute atomic E-state index is 13.2. The standard InChI is InChI=1S/C17H16FN3/c1-11-7-14-15(10-20-11)16(19)5-6-17(14)21-9-12-3-2-4-13(18)8-12/h2-8,10,21H,9,19H2,1H3. The molecule has 0 atom stereocenters. The van der Waals surface area contributed by atoms with Crippen molar-refractivity contribution < 1.29 is 4.39 Å². The zero-order chi connectivity index (χ0) is 14.8. The van der Waals surface area contributed by atoms with E-state index in [4.69, 9.17) is 5.73 Å². The number of aromatic nitrogens is 1. The summed E-state index contributed by atoms with van der Waals surface area (Å²) in [7, 11) is 0. The van der Waals surface area contributed by atoms with Crippen LogP contribution in [0.25, 0.3) is 10.8 Å². The number of anilines is 2. The van der Waals surface area contributed by atoms with E-state index in [1.165, 1.54) is 12.1 Å². The first kappa shape index (κ1) is 13.4. The number of aryl methyl sites for hydroxylation is 1. The van der Waals surface area contributed by atoms with Gasteiger partial charge in [-0.25, -0.2) is 4.39 Å². The highest BCUT2D eigenvalue weighted by atomic mass is 19.1. The van der Waals surface area contributed by atoms with Gasteiger partial charge >= 0.3 is 0 Å². The van der Waals surface area contributed by atoms with Gasteiger partial charge in [0.1, 0.15) is 5.82 Å². The van der Waals surface area contributed by atoms with Gasteiger partial charge in [-0.15, -0.1) is 0 Å². The molecule has 2 aromatic carbocycles. The number of nitrogen functional groups attached to an aromatic ring is 1. The zero-order valence-electron chi connectivity index (χ0n) is 11.7. The minimum Gasteiger partial charge on any atom is -0.398 e. The summed E-state index contributed by atoms with van der Waals surface area (Å²) in [4.78, 5) is 4.28. The minimum absolute atomic E-state index is 0.225. The molecule has 21 heavy (non-hydrogen) atoms. The van der Waals surface area contributed by atoms with Crippen LogP contribution in [0.5, 0.6) is 0 Å². The molecule has 0 aliphatic rings. The normalized spacial score (nSPS) is 10.8. The average molecular weight is 281 g/mol. The Morgan fingerprint density at radius 1 is 1.14 bits per heavy atom. The van der Waals surface area contributed by atoms with Crippen LogP contribution in [0.3, 0.4) is 0 Å². The van der Waals surface area contributed by atoms with E-state index in [1.807, 2.05) is 31.2 Å².